The van der Waals surface area contributed by atoms with E-state index in [1.54, 1.807) is 0 Å². The van der Waals surface area contributed by atoms with Crippen LogP contribution < -0.4 is 11.1 Å². The molecule has 0 heterocycles. The standard InChI is InChI=1S/C10H17F3N2O/c11-10(12,13)2-1-8(16)15-7-9(3-4-9)5-6-14/h1-7,14H2,(H,15,16). The van der Waals surface area contributed by atoms with Gasteiger partial charge in [0.1, 0.15) is 0 Å². The zero-order chi connectivity index (χ0) is 12.2. The highest BCUT2D eigenvalue weighted by Gasteiger charge is 2.41. The fourth-order valence-electron chi connectivity index (χ4n) is 1.63. The Morgan fingerprint density at radius 1 is 1.38 bits per heavy atom. The Balaban J connectivity index is 2.16. The number of nitrogens with two attached hydrogens (primary N) is 1. The normalized spacial score (nSPS) is 18.2. The molecule has 1 saturated carbocycles. The number of halogens is 3. The maximum atomic E-state index is 11.8. The summed E-state index contributed by atoms with van der Waals surface area (Å²) in [5.74, 6) is -0.527. The topological polar surface area (TPSA) is 55.1 Å². The first kappa shape index (κ1) is 13.3. The van der Waals surface area contributed by atoms with Crippen molar-refractivity contribution in [1.82, 2.24) is 5.32 Å². The molecule has 0 aliphatic heterocycles. The lowest BCUT2D eigenvalue weighted by atomic mass is 10.0. The lowest BCUT2D eigenvalue weighted by Gasteiger charge is -2.15. The highest BCUT2D eigenvalue weighted by molar-refractivity contribution is 5.75. The van der Waals surface area contributed by atoms with Gasteiger partial charge in [-0.25, -0.2) is 0 Å². The van der Waals surface area contributed by atoms with Crippen molar-refractivity contribution in [2.45, 2.75) is 38.3 Å². The van der Waals surface area contributed by atoms with Crippen LogP contribution in [0.1, 0.15) is 32.1 Å². The molecule has 0 unspecified atom stereocenters. The molecule has 6 heteroatoms. The van der Waals surface area contributed by atoms with E-state index in [1.165, 1.54) is 0 Å². The molecule has 1 fully saturated rings. The maximum Gasteiger partial charge on any atom is 0.389 e. The average molecular weight is 238 g/mol. The van der Waals surface area contributed by atoms with Crippen LogP contribution in [0.4, 0.5) is 13.2 Å². The molecule has 16 heavy (non-hydrogen) atoms. The third-order valence-corrected chi connectivity index (χ3v) is 2.93. The Morgan fingerprint density at radius 2 is 2.00 bits per heavy atom. The van der Waals surface area contributed by atoms with Gasteiger partial charge in [0.2, 0.25) is 5.91 Å². The quantitative estimate of drug-likeness (QED) is 0.738. The van der Waals surface area contributed by atoms with Gasteiger partial charge >= 0.3 is 6.18 Å². The summed E-state index contributed by atoms with van der Waals surface area (Å²) < 4.78 is 35.5. The highest BCUT2D eigenvalue weighted by Crippen LogP contribution is 2.47. The summed E-state index contributed by atoms with van der Waals surface area (Å²) >= 11 is 0. The minimum atomic E-state index is -4.26. The van der Waals surface area contributed by atoms with E-state index in [2.05, 4.69) is 5.32 Å². The molecule has 94 valence electrons. The SMILES string of the molecule is NCCC1(CNC(=O)CCC(F)(F)F)CC1. The van der Waals surface area contributed by atoms with E-state index >= 15 is 0 Å². The average Bonchev–Trinajstić information content (AvgIpc) is 2.92. The van der Waals surface area contributed by atoms with Crippen molar-refractivity contribution in [3.63, 3.8) is 0 Å². The molecule has 0 aromatic carbocycles. The summed E-state index contributed by atoms with van der Waals surface area (Å²) in [5.41, 5.74) is 5.49. The largest absolute Gasteiger partial charge is 0.389 e. The van der Waals surface area contributed by atoms with Crippen LogP contribution in [-0.2, 0) is 4.79 Å². The van der Waals surface area contributed by atoms with Crippen molar-refractivity contribution in [1.29, 1.82) is 0 Å². The molecule has 3 N–H and O–H groups in total. The van der Waals surface area contributed by atoms with E-state index in [0.29, 0.717) is 13.1 Å². The van der Waals surface area contributed by atoms with Crippen LogP contribution in [0.15, 0.2) is 0 Å². The summed E-state index contributed by atoms with van der Waals surface area (Å²) in [6.45, 7) is 1.01. The molecule has 3 nitrogen and oxygen atoms in total. The van der Waals surface area contributed by atoms with Crippen molar-refractivity contribution in [3.8, 4) is 0 Å². The van der Waals surface area contributed by atoms with Crippen LogP contribution in [0.5, 0.6) is 0 Å². The number of rotatable bonds is 6. The second kappa shape index (κ2) is 5.03. The van der Waals surface area contributed by atoms with Crippen LogP contribution in [0.25, 0.3) is 0 Å². The summed E-state index contributed by atoms with van der Waals surface area (Å²) in [6.07, 6.45) is -2.96. The predicted octanol–water partition coefficient (Wildman–Crippen LogP) is 1.57. The van der Waals surface area contributed by atoms with E-state index < -0.39 is 24.9 Å². The molecule has 0 aromatic heterocycles. The van der Waals surface area contributed by atoms with Gasteiger partial charge in [0.25, 0.3) is 0 Å². The smallest absolute Gasteiger partial charge is 0.356 e. The van der Waals surface area contributed by atoms with E-state index in [1.807, 2.05) is 0 Å². The zero-order valence-corrected chi connectivity index (χ0v) is 9.07. The molecule has 0 bridgehead atoms. The van der Waals surface area contributed by atoms with Crippen molar-refractivity contribution in [2.75, 3.05) is 13.1 Å². The van der Waals surface area contributed by atoms with Gasteiger partial charge < -0.3 is 11.1 Å². The zero-order valence-electron chi connectivity index (χ0n) is 9.07. The number of amides is 1. The molecule has 0 aromatic rings. The first-order valence-corrected chi connectivity index (χ1v) is 5.40. The highest BCUT2D eigenvalue weighted by atomic mass is 19.4. The number of hydrogen-bond donors (Lipinski definition) is 2. The number of nitrogens with one attached hydrogen (secondary N) is 1. The monoisotopic (exact) mass is 238 g/mol. The molecule has 0 radical (unpaired) electrons. The summed E-state index contributed by atoms with van der Waals surface area (Å²) in [5, 5.41) is 2.55. The van der Waals surface area contributed by atoms with Crippen molar-refractivity contribution < 1.29 is 18.0 Å². The van der Waals surface area contributed by atoms with Gasteiger partial charge in [-0.1, -0.05) is 0 Å². The summed E-state index contributed by atoms with van der Waals surface area (Å²) in [7, 11) is 0. The van der Waals surface area contributed by atoms with Crippen LogP contribution in [0, 0.1) is 5.41 Å². The third-order valence-electron chi connectivity index (χ3n) is 2.93. The molecule has 0 spiro atoms. The van der Waals surface area contributed by atoms with E-state index in [4.69, 9.17) is 5.73 Å². The van der Waals surface area contributed by atoms with Crippen molar-refractivity contribution in [2.24, 2.45) is 11.1 Å². The lowest BCUT2D eigenvalue weighted by molar-refractivity contribution is -0.144. The fourth-order valence-corrected chi connectivity index (χ4v) is 1.63. The summed E-state index contributed by atoms with van der Waals surface area (Å²) in [6, 6.07) is 0. The van der Waals surface area contributed by atoms with Gasteiger partial charge in [0.15, 0.2) is 0 Å². The van der Waals surface area contributed by atoms with E-state index in [-0.39, 0.29) is 5.41 Å². The van der Waals surface area contributed by atoms with Gasteiger partial charge in [0.05, 0.1) is 6.42 Å². The van der Waals surface area contributed by atoms with Gasteiger partial charge in [-0.15, -0.1) is 0 Å². The van der Waals surface area contributed by atoms with E-state index in [9.17, 15) is 18.0 Å². The van der Waals surface area contributed by atoms with Crippen LogP contribution in [0.2, 0.25) is 0 Å². The second-order valence-electron chi connectivity index (χ2n) is 4.43. The van der Waals surface area contributed by atoms with Gasteiger partial charge in [-0.05, 0) is 31.2 Å². The fraction of sp³-hybridized carbons (Fsp3) is 0.900. The van der Waals surface area contributed by atoms with E-state index in [0.717, 1.165) is 19.3 Å². The Kier molecular flexibility index (Phi) is 4.18. The minimum Gasteiger partial charge on any atom is -0.356 e. The van der Waals surface area contributed by atoms with Crippen molar-refractivity contribution >= 4 is 5.91 Å². The Morgan fingerprint density at radius 3 is 2.44 bits per heavy atom. The van der Waals surface area contributed by atoms with Gasteiger partial charge in [-0.2, -0.15) is 13.2 Å². The van der Waals surface area contributed by atoms with Crippen LogP contribution >= 0.6 is 0 Å². The molecule has 1 rings (SSSR count). The Labute approximate surface area is 92.6 Å². The van der Waals surface area contributed by atoms with Crippen LogP contribution in [-0.4, -0.2) is 25.2 Å². The van der Waals surface area contributed by atoms with Crippen LogP contribution in [0.3, 0.4) is 0 Å². The summed E-state index contributed by atoms with van der Waals surface area (Å²) in [4.78, 5) is 11.1. The number of alkyl halides is 3. The lowest BCUT2D eigenvalue weighted by Crippen LogP contribution is -2.31. The molecule has 1 aliphatic carbocycles. The Hall–Kier alpha value is -0.780. The Bertz CT molecular complexity index is 249. The molecular formula is C10H17F3N2O. The predicted molar refractivity (Wildman–Crippen MR) is 53.6 cm³/mol. The maximum absolute atomic E-state index is 11.8. The van der Waals surface area contributed by atoms with Crippen molar-refractivity contribution in [3.05, 3.63) is 0 Å². The molecule has 0 atom stereocenters. The minimum absolute atomic E-state index is 0.0721. The number of carbonyl (C=O) groups is 1. The molecule has 1 amide bonds. The second-order valence-corrected chi connectivity index (χ2v) is 4.43. The third kappa shape index (κ3) is 4.83. The van der Waals surface area contributed by atoms with Gasteiger partial charge in [-0.3, -0.25) is 4.79 Å². The number of hydrogen-bond acceptors (Lipinski definition) is 2. The first-order chi connectivity index (χ1) is 7.37. The molecular weight excluding hydrogens is 221 g/mol. The first-order valence-electron chi connectivity index (χ1n) is 5.40. The molecule has 0 saturated heterocycles. The van der Waals surface area contributed by atoms with Gasteiger partial charge in [0, 0.05) is 13.0 Å². The number of carbonyl (C=O) groups excluding carboxylic acids is 1. The molecule has 1 aliphatic rings.